The smallest absolute Gasteiger partial charge is 0.260 e. The van der Waals surface area contributed by atoms with E-state index >= 15 is 0 Å². The van der Waals surface area contributed by atoms with Gasteiger partial charge in [-0.15, -0.1) is 11.3 Å². The molecule has 2 aromatic rings. The van der Waals surface area contributed by atoms with Crippen molar-refractivity contribution in [3.05, 3.63) is 57.8 Å². The number of benzene rings is 1. The zero-order valence-electron chi connectivity index (χ0n) is 10.7. The molecule has 1 aliphatic heterocycles. The largest absolute Gasteiger partial charge is 0.331 e. The van der Waals surface area contributed by atoms with Crippen molar-refractivity contribution < 1.29 is 13.6 Å². The first-order valence-electron chi connectivity index (χ1n) is 6.47. The predicted molar refractivity (Wildman–Crippen MR) is 73.7 cm³/mol. The van der Waals surface area contributed by atoms with Gasteiger partial charge < -0.3 is 4.90 Å². The lowest BCUT2D eigenvalue weighted by Gasteiger charge is -2.24. The minimum Gasteiger partial charge on any atom is -0.331 e. The van der Waals surface area contributed by atoms with Gasteiger partial charge in [-0.1, -0.05) is 12.1 Å². The van der Waals surface area contributed by atoms with Crippen molar-refractivity contribution in [1.29, 1.82) is 0 Å². The Bertz CT molecular complexity index is 607. The third-order valence-corrected chi connectivity index (χ3v) is 4.54. The van der Waals surface area contributed by atoms with Gasteiger partial charge in [0.1, 0.15) is 17.2 Å². The number of carbonyl (C=O) groups excluding carboxylic acids is 1. The first-order chi connectivity index (χ1) is 9.68. The van der Waals surface area contributed by atoms with Gasteiger partial charge in [0.2, 0.25) is 0 Å². The van der Waals surface area contributed by atoms with E-state index in [4.69, 9.17) is 0 Å². The highest BCUT2D eigenvalue weighted by Crippen LogP contribution is 2.35. The molecule has 20 heavy (non-hydrogen) atoms. The van der Waals surface area contributed by atoms with Crippen LogP contribution in [0.15, 0.2) is 35.7 Å². The number of likely N-dealkylation sites (tertiary alicyclic amines) is 1. The molecular weight excluding hydrogens is 280 g/mol. The Morgan fingerprint density at radius 1 is 1.20 bits per heavy atom. The molecule has 0 bridgehead atoms. The maximum atomic E-state index is 13.7. The number of hydrogen-bond acceptors (Lipinski definition) is 2. The summed E-state index contributed by atoms with van der Waals surface area (Å²) < 4.78 is 27.5. The second kappa shape index (κ2) is 5.32. The highest BCUT2D eigenvalue weighted by molar-refractivity contribution is 7.10. The molecule has 0 saturated carbocycles. The topological polar surface area (TPSA) is 20.3 Å². The Hall–Kier alpha value is -1.75. The molecule has 0 unspecified atom stereocenters. The fraction of sp³-hybridized carbons (Fsp3) is 0.267. The van der Waals surface area contributed by atoms with Crippen molar-refractivity contribution in [3.63, 3.8) is 0 Å². The Balaban J connectivity index is 1.94. The van der Waals surface area contributed by atoms with Crippen molar-refractivity contribution in [2.24, 2.45) is 0 Å². The van der Waals surface area contributed by atoms with Gasteiger partial charge in [-0.25, -0.2) is 8.78 Å². The number of carbonyl (C=O) groups is 1. The molecule has 3 rings (SSSR count). The summed E-state index contributed by atoms with van der Waals surface area (Å²) in [6.07, 6.45) is 1.69. The van der Waals surface area contributed by atoms with E-state index in [2.05, 4.69) is 0 Å². The zero-order chi connectivity index (χ0) is 14.1. The first kappa shape index (κ1) is 13.2. The molecule has 1 saturated heterocycles. The van der Waals surface area contributed by atoms with E-state index in [0.717, 1.165) is 29.9 Å². The van der Waals surface area contributed by atoms with Gasteiger partial charge in [0.05, 0.1) is 6.04 Å². The molecule has 0 N–H and O–H groups in total. The monoisotopic (exact) mass is 293 g/mol. The van der Waals surface area contributed by atoms with E-state index in [1.54, 1.807) is 16.2 Å². The summed E-state index contributed by atoms with van der Waals surface area (Å²) in [7, 11) is 0. The van der Waals surface area contributed by atoms with Crippen LogP contribution in [0.25, 0.3) is 0 Å². The van der Waals surface area contributed by atoms with Crippen LogP contribution in [0.3, 0.4) is 0 Å². The summed E-state index contributed by atoms with van der Waals surface area (Å²) >= 11 is 1.56. The van der Waals surface area contributed by atoms with E-state index in [9.17, 15) is 13.6 Å². The molecule has 0 spiro atoms. The summed E-state index contributed by atoms with van der Waals surface area (Å²) in [5.74, 6) is -2.16. The minimum atomic E-state index is -0.799. The van der Waals surface area contributed by atoms with Gasteiger partial charge >= 0.3 is 0 Å². The van der Waals surface area contributed by atoms with Crippen LogP contribution in [0.1, 0.15) is 34.1 Å². The molecule has 5 heteroatoms. The second-order valence-corrected chi connectivity index (χ2v) is 5.75. The predicted octanol–water partition coefficient (Wildman–Crippen LogP) is 4.00. The summed E-state index contributed by atoms with van der Waals surface area (Å²) in [6, 6.07) is 7.31. The van der Waals surface area contributed by atoms with Crippen LogP contribution < -0.4 is 0 Å². The summed E-state index contributed by atoms with van der Waals surface area (Å²) in [5.41, 5.74) is -0.448. The quantitative estimate of drug-likeness (QED) is 0.819. The lowest BCUT2D eigenvalue weighted by atomic mass is 10.1. The summed E-state index contributed by atoms with van der Waals surface area (Å²) in [5, 5.41) is 1.94. The SMILES string of the molecule is O=C(c1c(F)cccc1F)N1CCC[C@H]1c1cccs1. The van der Waals surface area contributed by atoms with Gasteiger partial charge in [0.25, 0.3) is 5.91 Å². The van der Waals surface area contributed by atoms with Crippen molar-refractivity contribution in [2.45, 2.75) is 18.9 Å². The van der Waals surface area contributed by atoms with E-state index in [0.29, 0.717) is 6.54 Å². The lowest BCUT2D eigenvalue weighted by Crippen LogP contribution is -2.31. The number of hydrogen-bond donors (Lipinski definition) is 0. The maximum Gasteiger partial charge on any atom is 0.260 e. The minimum absolute atomic E-state index is 0.0680. The van der Waals surface area contributed by atoms with Gasteiger partial charge in [-0.05, 0) is 36.4 Å². The van der Waals surface area contributed by atoms with Crippen molar-refractivity contribution in [1.82, 2.24) is 4.90 Å². The van der Waals surface area contributed by atoms with Gasteiger partial charge in [0, 0.05) is 11.4 Å². The molecule has 2 heterocycles. The summed E-state index contributed by atoms with van der Waals surface area (Å²) in [6.45, 7) is 0.537. The standard InChI is InChI=1S/C15H13F2NOS/c16-10-4-1-5-11(17)14(10)15(19)18-8-2-6-12(18)13-7-3-9-20-13/h1,3-5,7,9,12H,2,6,8H2/t12-/m0/s1. The number of nitrogens with zero attached hydrogens (tertiary/aromatic N) is 1. The van der Waals surface area contributed by atoms with Crippen LogP contribution in [0.5, 0.6) is 0 Å². The molecule has 1 amide bonds. The van der Waals surface area contributed by atoms with Gasteiger partial charge in [-0.2, -0.15) is 0 Å². The lowest BCUT2D eigenvalue weighted by molar-refractivity contribution is 0.0728. The Morgan fingerprint density at radius 2 is 1.95 bits per heavy atom. The normalized spacial score (nSPS) is 18.5. The first-order valence-corrected chi connectivity index (χ1v) is 7.35. The Morgan fingerprint density at radius 3 is 2.60 bits per heavy atom. The molecule has 104 valence electrons. The van der Waals surface area contributed by atoms with Crippen LogP contribution in [-0.2, 0) is 0 Å². The van der Waals surface area contributed by atoms with Crippen LogP contribution in [0.2, 0.25) is 0 Å². The van der Waals surface area contributed by atoms with Gasteiger partial charge in [-0.3, -0.25) is 4.79 Å². The van der Waals surface area contributed by atoms with E-state index in [1.165, 1.54) is 6.07 Å². The zero-order valence-corrected chi connectivity index (χ0v) is 11.5. The number of rotatable bonds is 2. The van der Waals surface area contributed by atoms with Crippen LogP contribution >= 0.6 is 11.3 Å². The molecule has 1 aromatic carbocycles. The Labute approximate surface area is 119 Å². The molecular formula is C15H13F2NOS. The van der Waals surface area contributed by atoms with Crippen molar-refractivity contribution in [3.8, 4) is 0 Å². The average Bonchev–Trinajstić information content (AvgIpc) is 3.09. The third-order valence-electron chi connectivity index (χ3n) is 3.56. The third kappa shape index (κ3) is 2.22. The van der Waals surface area contributed by atoms with Crippen LogP contribution in [0.4, 0.5) is 8.78 Å². The molecule has 1 fully saturated rings. The fourth-order valence-electron chi connectivity index (χ4n) is 2.63. The summed E-state index contributed by atoms with van der Waals surface area (Å²) in [4.78, 5) is 15.1. The number of thiophene rings is 1. The van der Waals surface area contributed by atoms with E-state index < -0.39 is 23.1 Å². The molecule has 2 nitrogen and oxygen atoms in total. The van der Waals surface area contributed by atoms with Crippen molar-refractivity contribution >= 4 is 17.2 Å². The molecule has 1 atom stereocenters. The Kier molecular flexibility index (Phi) is 3.53. The van der Waals surface area contributed by atoms with Crippen LogP contribution in [-0.4, -0.2) is 17.4 Å². The maximum absolute atomic E-state index is 13.7. The number of amides is 1. The van der Waals surface area contributed by atoms with E-state index in [1.807, 2.05) is 17.5 Å². The van der Waals surface area contributed by atoms with Crippen molar-refractivity contribution in [2.75, 3.05) is 6.54 Å². The highest BCUT2D eigenvalue weighted by atomic mass is 32.1. The molecule has 0 radical (unpaired) electrons. The van der Waals surface area contributed by atoms with Gasteiger partial charge in [0.15, 0.2) is 0 Å². The molecule has 0 aliphatic carbocycles. The number of halogens is 2. The molecule has 1 aliphatic rings. The average molecular weight is 293 g/mol. The second-order valence-electron chi connectivity index (χ2n) is 4.77. The molecule has 1 aromatic heterocycles. The van der Waals surface area contributed by atoms with E-state index in [-0.39, 0.29) is 6.04 Å². The van der Waals surface area contributed by atoms with Crippen LogP contribution in [0, 0.1) is 11.6 Å². The fourth-order valence-corrected chi connectivity index (χ4v) is 3.51. The highest BCUT2D eigenvalue weighted by Gasteiger charge is 2.33.